The van der Waals surface area contributed by atoms with Crippen molar-refractivity contribution in [3.63, 3.8) is 0 Å². The third-order valence-corrected chi connectivity index (χ3v) is 3.60. The molecule has 0 radical (unpaired) electrons. The third kappa shape index (κ3) is 2.96. The number of hydrogen-bond donors (Lipinski definition) is 0. The maximum absolute atomic E-state index is 13.0. The van der Waals surface area contributed by atoms with Gasteiger partial charge in [0, 0.05) is 17.1 Å². The van der Waals surface area contributed by atoms with E-state index in [9.17, 15) is 4.39 Å². The van der Waals surface area contributed by atoms with Crippen LogP contribution in [0.3, 0.4) is 0 Å². The van der Waals surface area contributed by atoms with Crippen LogP contribution in [0.4, 0.5) is 4.39 Å². The highest BCUT2D eigenvalue weighted by molar-refractivity contribution is 5.79. The molecule has 0 aliphatic carbocycles. The van der Waals surface area contributed by atoms with E-state index in [-0.39, 0.29) is 12.4 Å². The molecule has 0 unspecified atom stereocenters. The van der Waals surface area contributed by atoms with Crippen LogP contribution in [0.5, 0.6) is 5.75 Å². The Morgan fingerprint density at radius 1 is 1.04 bits per heavy atom. The van der Waals surface area contributed by atoms with Crippen LogP contribution in [0.2, 0.25) is 0 Å². The lowest BCUT2D eigenvalue weighted by Gasteiger charge is -2.05. The average molecular weight is 320 g/mol. The highest BCUT2D eigenvalue weighted by Crippen LogP contribution is 2.22. The lowest BCUT2D eigenvalue weighted by atomic mass is 10.2. The van der Waals surface area contributed by atoms with E-state index in [1.165, 1.54) is 12.1 Å². The topological polar surface area (TPSA) is 48.2 Å². The zero-order valence-electron chi connectivity index (χ0n) is 12.6. The molecule has 2 aromatic heterocycles. The van der Waals surface area contributed by atoms with Gasteiger partial charge in [0.2, 0.25) is 5.89 Å². The molecular weight excluding hydrogens is 307 g/mol. The highest BCUT2D eigenvalue weighted by atomic mass is 19.1. The molecule has 2 heterocycles. The van der Waals surface area contributed by atoms with Gasteiger partial charge in [-0.05, 0) is 48.5 Å². The standard InChI is InChI=1S/C19H13FN2O2/c20-15-5-3-13(4-6-15)19-22-16(12-24-19)11-23-17-7-8-18-14(10-17)2-1-9-21-18/h1-10,12H,11H2. The Kier molecular flexibility index (Phi) is 3.67. The fourth-order valence-corrected chi connectivity index (χ4v) is 2.40. The van der Waals surface area contributed by atoms with Crippen LogP contribution in [0, 0.1) is 5.82 Å². The lowest BCUT2D eigenvalue weighted by Crippen LogP contribution is -1.95. The Bertz CT molecular complexity index is 980. The van der Waals surface area contributed by atoms with Gasteiger partial charge in [-0.1, -0.05) is 6.07 Å². The number of ether oxygens (including phenoxy) is 1. The van der Waals surface area contributed by atoms with Crippen molar-refractivity contribution < 1.29 is 13.5 Å². The van der Waals surface area contributed by atoms with Crippen molar-refractivity contribution in [2.45, 2.75) is 6.61 Å². The van der Waals surface area contributed by atoms with E-state index in [2.05, 4.69) is 9.97 Å². The van der Waals surface area contributed by atoms with E-state index in [1.54, 1.807) is 24.6 Å². The normalized spacial score (nSPS) is 10.9. The summed E-state index contributed by atoms with van der Waals surface area (Å²) < 4.78 is 24.1. The van der Waals surface area contributed by atoms with Crippen molar-refractivity contribution in [2.75, 3.05) is 0 Å². The summed E-state index contributed by atoms with van der Waals surface area (Å²) in [6, 6.07) is 15.6. The number of fused-ring (bicyclic) bond motifs is 1. The quantitative estimate of drug-likeness (QED) is 0.551. The first-order valence-electron chi connectivity index (χ1n) is 7.46. The molecule has 118 valence electrons. The second kappa shape index (κ2) is 6.12. The SMILES string of the molecule is Fc1ccc(-c2nc(COc3ccc4ncccc4c3)co2)cc1. The molecule has 0 bridgehead atoms. The van der Waals surface area contributed by atoms with Crippen molar-refractivity contribution in [3.8, 4) is 17.2 Å². The molecule has 0 saturated carbocycles. The summed E-state index contributed by atoms with van der Waals surface area (Å²) in [7, 11) is 0. The van der Waals surface area contributed by atoms with Crippen molar-refractivity contribution >= 4 is 10.9 Å². The van der Waals surface area contributed by atoms with Gasteiger partial charge in [0.1, 0.15) is 30.1 Å². The second-order valence-electron chi connectivity index (χ2n) is 5.30. The van der Waals surface area contributed by atoms with Crippen LogP contribution in [-0.2, 0) is 6.61 Å². The zero-order valence-corrected chi connectivity index (χ0v) is 12.6. The molecule has 4 rings (SSSR count). The summed E-state index contributed by atoms with van der Waals surface area (Å²) in [6.45, 7) is 0.288. The second-order valence-corrected chi connectivity index (χ2v) is 5.30. The van der Waals surface area contributed by atoms with Gasteiger partial charge < -0.3 is 9.15 Å². The number of pyridine rings is 1. The zero-order chi connectivity index (χ0) is 16.4. The molecule has 0 atom stereocenters. The van der Waals surface area contributed by atoms with Crippen LogP contribution in [-0.4, -0.2) is 9.97 Å². The first-order valence-corrected chi connectivity index (χ1v) is 7.46. The van der Waals surface area contributed by atoms with Crippen molar-refractivity contribution in [3.05, 3.63) is 78.6 Å². The summed E-state index contributed by atoms with van der Waals surface area (Å²) in [5.74, 6) is 0.887. The number of rotatable bonds is 4. The molecule has 0 aliphatic rings. The molecule has 0 N–H and O–H groups in total. The van der Waals surface area contributed by atoms with E-state index < -0.39 is 0 Å². The molecule has 0 saturated heterocycles. The summed E-state index contributed by atoms with van der Waals surface area (Å²) in [5, 5.41) is 1.02. The minimum Gasteiger partial charge on any atom is -0.487 e. The summed E-state index contributed by atoms with van der Waals surface area (Å²) in [4.78, 5) is 8.64. The van der Waals surface area contributed by atoms with Gasteiger partial charge in [-0.2, -0.15) is 0 Å². The molecule has 4 nitrogen and oxygen atoms in total. The predicted molar refractivity (Wildman–Crippen MR) is 88.0 cm³/mol. The highest BCUT2D eigenvalue weighted by Gasteiger charge is 2.08. The van der Waals surface area contributed by atoms with Crippen LogP contribution in [0.15, 0.2) is 71.5 Å². The number of nitrogens with zero attached hydrogens (tertiary/aromatic N) is 2. The smallest absolute Gasteiger partial charge is 0.226 e. The van der Waals surface area contributed by atoms with E-state index >= 15 is 0 Å². The van der Waals surface area contributed by atoms with Crippen molar-refractivity contribution in [1.82, 2.24) is 9.97 Å². The van der Waals surface area contributed by atoms with Gasteiger partial charge in [-0.3, -0.25) is 4.98 Å². The van der Waals surface area contributed by atoms with Crippen LogP contribution in [0.1, 0.15) is 5.69 Å². The van der Waals surface area contributed by atoms with Gasteiger partial charge >= 0.3 is 0 Å². The van der Waals surface area contributed by atoms with E-state index in [0.717, 1.165) is 22.2 Å². The van der Waals surface area contributed by atoms with Crippen molar-refractivity contribution in [2.24, 2.45) is 0 Å². The van der Waals surface area contributed by atoms with Gasteiger partial charge in [-0.25, -0.2) is 9.37 Å². The summed E-state index contributed by atoms with van der Waals surface area (Å²) in [5.41, 5.74) is 2.31. The molecular formula is C19H13FN2O2. The Balaban J connectivity index is 1.48. The molecule has 0 spiro atoms. The van der Waals surface area contributed by atoms with Crippen LogP contribution in [0.25, 0.3) is 22.4 Å². The molecule has 0 amide bonds. The van der Waals surface area contributed by atoms with E-state index in [0.29, 0.717) is 11.6 Å². The Hall–Kier alpha value is -3.21. The minimum absolute atomic E-state index is 0.288. The maximum Gasteiger partial charge on any atom is 0.226 e. The number of halogens is 1. The van der Waals surface area contributed by atoms with Crippen LogP contribution >= 0.6 is 0 Å². The molecule has 0 fully saturated rings. The largest absolute Gasteiger partial charge is 0.487 e. The molecule has 24 heavy (non-hydrogen) atoms. The Labute approximate surface area is 137 Å². The fraction of sp³-hybridized carbons (Fsp3) is 0.0526. The first-order chi connectivity index (χ1) is 11.8. The van der Waals surface area contributed by atoms with Gasteiger partial charge in [0.05, 0.1) is 5.52 Å². The van der Waals surface area contributed by atoms with Crippen molar-refractivity contribution in [1.29, 1.82) is 0 Å². The molecule has 2 aromatic carbocycles. The summed E-state index contributed by atoms with van der Waals surface area (Å²) in [6.07, 6.45) is 3.30. The molecule has 5 heteroatoms. The van der Waals surface area contributed by atoms with Crippen LogP contribution < -0.4 is 4.74 Å². The average Bonchev–Trinajstić information content (AvgIpc) is 3.09. The van der Waals surface area contributed by atoms with Gasteiger partial charge in [0.25, 0.3) is 0 Å². The summed E-state index contributed by atoms with van der Waals surface area (Å²) >= 11 is 0. The predicted octanol–water partition coefficient (Wildman–Crippen LogP) is 4.61. The fourth-order valence-electron chi connectivity index (χ4n) is 2.40. The Morgan fingerprint density at radius 2 is 1.92 bits per heavy atom. The van der Waals surface area contributed by atoms with Gasteiger partial charge in [-0.15, -0.1) is 0 Å². The van der Waals surface area contributed by atoms with Gasteiger partial charge in [0.15, 0.2) is 0 Å². The maximum atomic E-state index is 13.0. The lowest BCUT2D eigenvalue weighted by molar-refractivity contribution is 0.301. The number of benzene rings is 2. The van der Waals surface area contributed by atoms with E-state index in [4.69, 9.17) is 9.15 Å². The minimum atomic E-state index is -0.292. The third-order valence-electron chi connectivity index (χ3n) is 3.60. The monoisotopic (exact) mass is 320 g/mol. The number of aromatic nitrogens is 2. The molecule has 0 aliphatic heterocycles. The number of oxazole rings is 1. The number of hydrogen-bond acceptors (Lipinski definition) is 4. The first kappa shape index (κ1) is 14.4. The Morgan fingerprint density at radius 3 is 2.79 bits per heavy atom. The van der Waals surface area contributed by atoms with E-state index in [1.807, 2.05) is 30.3 Å². The molecule has 4 aromatic rings.